The maximum Gasteiger partial charge on any atom is 0.147 e. The molecule has 1 aromatic carbocycles. The van der Waals surface area contributed by atoms with Crippen molar-refractivity contribution in [1.82, 2.24) is 0 Å². The Morgan fingerprint density at radius 3 is 2.95 bits per heavy atom. The molecule has 0 aliphatic carbocycles. The summed E-state index contributed by atoms with van der Waals surface area (Å²) in [5, 5.41) is 8.91. The molecule has 1 unspecified atom stereocenters. The number of halogens is 1. The van der Waals surface area contributed by atoms with Gasteiger partial charge in [0.1, 0.15) is 10.8 Å². The van der Waals surface area contributed by atoms with E-state index >= 15 is 0 Å². The fourth-order valence-electron chi connectivity index (χ4n) is 2.67. The fraction of sp³-hybridized carbons (Fsp3) is 0.500. The van der Waals surface area contributed by atoms with Crippen LogP contribution < -0.4 is 10.6 Å². The van der Waals surface area contributed by atoms with Gasteiger partial charge in [-0.1, -0.05) is 12.2 Å². The normalized spacial score (nSPS) is 18.8. The van der Waals surface area contributed by atoms with Crippen molar-refractivity contribution in [3.8, 4) is 0 Å². The molecule has 0 amide bonds. The predicted octanol–water partition coefficient (Wildman–Crippen LogP) is 2.20. The van der Waals surface area contributed by atoms with E-state index in [1.54, 1.807) is 12.1 Å². The molecule has 19 heavy (non-hydrogen) atoms. The van der Waals surface area contributed by atoms with Crippen molar-refractivity contribution in [2.75, 3.05) is 18.1 Å². The van der Waals surface area contributed by atoms with Crippen LogP contribution in [0.15, 0.2) is 18.2 Å². The number of aliphatic hydroxyl groups is 1. The van der Waals surface area contributed by atoms with Crippen LogP contribution in [0.5, 0.6) is 0 Å². The quantitative estimate of drug-likeness (QED) is 0.813. The summed E-state index contributed by atoms with van der Waals surface area (Å²) in [6.07, 6.45) is 3.77. The highest BCUT2D eigenvalue weighted by Gasteiger charge is 2.26. The lowest BCUT2D eigenvalue weighted by atomic mass is 10.1. The SMILES string of the molecule is NC(=S)c1ccc(N2CCCC2CCCO)c(F)c1. The molecule has 5 heteroatoms. The van der Waals surface area contributed by atoms with Crippen LogP contribution in [0.2, 0.25) is 0 Å². The van der Waals surface area contributed by atoms with Gasteiger partial charge in [0.05, 0.1) is 5.69 Å². The second-order valence-electron chi connectivity index (χ2n) is 4.89. The molecule has 104 valence electrons. The third-order valence-electron chi connectivity index (χ3n) is 3.61. The number of benzene rings is 1. The van der Waals surface area contributed by atoms with Crippen LogP contribution in [-0.2, 0) is 0 Å². The van der Waals surface area contributed by atoms with E-state index in [0.29, 0.717) is 17.3 Å². The number of hydrogen-bond donors (Lipinski definition) is 2. The van der Waals surface area contributed by atoms with Crippen molar-refractivity contribution in [3.05, 3.63) is 29.6 Å². The molecule has 0 bridgehead atoms. The van der Waals surface area contributed by atoms with Crippen molar-refractivity contribution >= 4 is 22.9 Å². The molecule has 0 spiro atoms. The molecule has 1 atom stereocenters. The molecular weight excluding hydrogens is 263 g/mol. The third kappa shape index (κ3) is 3.22. The van der Waals surface area contributed by atoms with E-state index in [0.717, 1.165) is 32.2 Å². The first kappa shape index (κ1) is 14.2. The lowest BCUT2D eigenvalue weighted by Crippen LogP contribution is -2.30. The Balaban J connectivity index is 2.18. The van der Waals surface area contributed by atoms with Crippen LogP contribution >= 0.6 is 12.2 Å². The van der Waals surface area contributed by atoms with Gasteiger partial charge in [0, 0.05) is 24.8 Å². The van der Waals surface area contributed by atoms with Crippen LogP contribution in [0.4, 0.5) is 10.1 Å². The van der Waals surface area contributed by atoms with Crippen LogP contribution in [0.25, 0.3) is 0 Å². The zero-order valence-electron chi connectivity index (χ0n) is 10.8. The molecule has 0 radical (unpaired) electrons. The lowest BCUT2D eigenvalue weighted by Gasteiger charge is -2.27. The zero-order chi connectivity index (χ0) is 13.8. The van der Waals surface area contributed by atoms with Crippen LogP contribution in [0, 0.1) is 5.82 Å². The van der Waals surface area contributed by atoms with Crippen molar-refractivity contribution in [3.63, 3.8) is 0 Å². The number of rotatable bonds is 5. The van der Waals surface area contributed by atoms with Gasteiger partial charge in [0.25, 0.3) is 0 Å². The number of anilines is 1. The third-order valence-corrected chi connectivity index (χ3v) is 3.85. The number of nitrogens with zero attached hydrogens (tertiary/aromatic N) is 1. The molecule has 3 N–H and O–H groups in total. The van der Waals surface area contributed by atoms with Crippen LogP contribution in [0.3, 0.4) is 0 Å². The Bertz CT molecular complexity index is 467. The summed E-state index contributed by atoms with van der Waals surface area (Å²) in [4.78, 5) is 2.30. The molecule has 0 saturated carbocycles. The van der Waals surface area contributed by atoms with Gasteiger partial charge < -0.3 is 15.7 Å². The van der Waals surface area contributed by atoms with Gasteiger partial charge in [-0.3, -0.25) is 0 Å². The molecule has 1 aromatic rings. The first-order chi connectivity index (χ1) is 9.13. The highest BCUT2D eigenvalue weighted by Crippen LogP contribution is 2.30. The number of hydrogen-bond acceptors (Lipinski definition) is 3. The van der Waals surface area contributed by atoms with Gasteiger partial charge in [0.2, 0.25) is 0 Å². The van der Waals surface area contributed by atoms with E-state index in [9.17, 15) is 4.39 Å². The molecule has 1 saturated heterocycles. The van der Waals surface area contributed by atoms with E-state index < -0.39 is 0 Å². The monoisotopic (exact) mass is 282 g/mol. The topological polar surface area (TPSA) is 49.5 Å². The van der Waals surface area contributed by atoms with Crippen LogP contribution in [0.1, 0.15) is 31.2 Å². The van der Waals surface area contributed by atoms with E-state index in [1.807, 2.05) is 0 Å². The molecule has 1 aliphatic heterocycles. The van der Waals surface area contributed by atoms with Gasteiger partial charge in [-0.25, -0.2) is 4.39 Å². The highest BCUT2D eigenvalue weighted by molar-refractivity contribution is 7.80. The van der Waals surface area contributed by atoms with E-state index in [-0.39, 0.29) is 17.4 Å². The zero-order valence-corrected chi connectivity index (χ0v) is 11.6. The van der Waals surface area contributed by atoms with Gasteiger partial charge in [0.15, 0.2) is 0 Å². The smallest absolute Gasteiger partial charge is 0.147 e. The molecule has 3 nitrogen and oxygen atoms in total. The first-order valence-corrected chi connectivity index (χ1v) is 7.01. The average Bonchev–Trinajstić information content (AvgIpc) is 2.84. The van der Waals surface area contributed by atoms with Gasteiger partial charge in [-0.15, -0.1) is 0 Å². The number of aliphatic hydroxyl groups excluding tert-OH is 1. The Kier molecular flexibility index (Phi) is 4.71. The van der Waals surface area contributed by atoms with Crippen molar-refractivity contribution in [2.24, 2.45) is 5.73 Å². The summed E-state index contributed by atoms with van der Waals surface area (Å²) >= 11 is 4.85. The molecular formula is C14H19FN2OS. The molecule has 0 aromatic heterocycles. The Morgan fingerprint density at radius 2 is 2.32 bits per heavy atom. The predicted molar refractivity (Wildman–Crippen MR) is 79.0 cm³/mol. The van der Waals surface area contributed by atoms with Crippen molar-refractivity contribution in [2.45, 2.75) is 31.7 Å². The second-order valence-corrected chi connectivity index (χ2v) is 5.33. The minimum absolute atomic E-state index is 0.188. The van der Waals surface area contributed by atoms with Crippen LogP contribution in [-0.4, -0.2) is 29.3 Å². The minimum Gasteiger partial charge on any atom is -0.396 e. The second kappa shape index (κ2) is 6.30. The summed E-state index contributed by atoms with van der Waals surface area (Å²) in [6.45, 7) is 1.05. The Labute approximate surface area is 118 Å². The largest absolute Gasteiger partial charge is 0.396 e. The number of thiocarbonyl (C=S) groups is 1. The van der Waals surface area contributed by atoms with Gasteiger partial charge >= 0.3 is 0 Å². The fourth-order valence-corrected chi connectivity index (χ4v) is 2.80. The van der Waals surface area contributed by atoms with E-state index in [2.05, 4.69) is 4.90 Å². The Hall–Kier alpha value is -1.20. The molecule has 1 fully saturated rings. The first-order valence-electron chi connectivity index (χ1n) is 6.60. The molecule has 2 rings (SSSR count). The summed E-state index contributed by atoms with van der Waals surface area (Å²) in [5.41, 5.74) is 6.67. The maximum absolute atomic E-state index is 14.2. The van der Waals surface area contributed by atoms with Crippen molar-refractivity contribution in [1.29, 1.82) is 0 Å². The van der Waals surface area contributed by atoms with E-state index in [4.69, 9.17) is 23.1 Å². The van der Waals surface area contributed by atoms with Gasteiger partial charge in [-0.2, -0.15) is 0 Å². The summed E-state index contributed by atoms with van der Waals surface area (Å²) in [6, 6.07) is 5.24. The minimum atomic E-state index is -0.277. The highest BCUT2D eigenvalue weighted by atomic mass is 32.1. The summed E-state index contributed by atoms with van der Waals surface area (Å²) in [5.74, 6) is -0.277. The van der Waals surface area contributed by atoms with E-state index in [1.165, 1.54) is 6.07 Å². The average molecular weight is 282 g/mol. The van der Waals surface area contributed by atoms with Gasteiger partial charge in [-0.05, 0) is 43.9 Å². The number of nitrogens with two attached hydrogens (primary N) is 1. The molecule has 1 aliphatic rings. The summed E-state index contributed by atoms with van der Waals surface area (Å²) < 4.78 is 14.2. The van der Waals surface area contributed by atoms with Crippen molar-refractivity contribution < 1.29 is 9.50 Å². The maximum atomic E-state index is 14.2. The Morgan fingerprint density at radius 1 is 1.53 bits per heavy atom. The lowest BCUT2D eigenvalue weighted by molar-refractivity contribution is 0.279. The molecule has 1 heterocycles. The standard InChI is InChI=1S/C14H19FN2OS/c15-12-9-10(14(16)19)5-6-13(12)17-7-1-3-11(17)4-2-8-18/h5-6,9,11,18H,1-4,7-8H2,(H2,16,19). The summed E-state index contributed by atoms with van der Waals surface area (Å²) in [7, 11) is 0.